The van der Waals surface area contributed by atoms with Gasteiger partial charge in [-0.25, -0.2) is 4.98 Å². The molecule has 6 rings (SSSR count). The first-order valence-electron chi connectivity index (χ1n) is 12.0. The van der Waals surface area contributed by atoms with Crippen LogP contribution in [0.4, 0.5) is 10.7 Å². The van der Waals surface area contributed by atoms with Crippen molar-refractivity contribution in [1.29, 1.82) is 0 Å². The number of carbonyl (C=O) groups is 3. The average Bonchev–Trinajstić information content (AvgIpc) is 3.57. The molecule has 2 aromatic heterocycles. The summed E-state index contributed by atoms with van der Waals surface area (Å²) >= 11 is 3.28. The number of carbonyl (C=O) groups excluding carboxylic acids is 3. The fourth-order valence-electron chi connectivity index (χ4n) is 4.82. The Balaban J connectivity index is 1.33. The molecule has 0 bridgehead atoms. The maximum atomic E-state index is 13.3. The van der Waals surface area contributed by atoms with Gasteiger partial charge in [-0.3, -0.25) is 24.2 Å². The summed E-state index contributed by atoms with van der Waals surface area (Å²) in [5, 5.41) is 4.89. The molecule has 9 heteroatoms. The van der Waals surface area contributed by atoms with Gasteiger partial charge in [-0.05, 0) is 54.9 Å². The van der Waals surface area contributed by atoms with Crippen molar-refractivity contribution in [2.24, 2.45) is 0 Å². The van der Waals surface area contributed by atoms with Crippen LogP contribution < -0.4 is 10.2 Å². The highest BCUT2D eigenvalue weighted by Crippen LogP contribution is 2.45. The van der Waals surface area contributed by atoms with E-state index in [1.54, 1.807) is 46.9 Å². The lowest BCUT2D eigenvalue weighted by Gasteiger charge is -2.25. The van der Waals surface area contributed by atoms with Crippen LogP contribution in [0.25, 0.3) is 20.8 Å². The van der Waals surface area contributed by atoms with Crippen molar-refractivity contribution in [2.75, 3.05) is 23.3 Å². The number of aromatic nitrogens is 1. The van der Waals surface area contributed by atoms with Crippen LogP contribution in [0, 0.1) is 0 Å². The molecule has 0 radical (unpaired) electrons. The Hall–Kier alpha value is -3.40. The van der Waals surface area contributed by atoms with Crippen LogP contribution >= 0.6 is 22.7 Å². The molecule has 3 amide bonds. The molecular formula is C27H24N4O3S2. The second-order valence-corrected chi connectivity index (χ2v) is 11.1. The van der Waals surface area contributed by atoms with Crippen molar-refractivity contribution < 1.29 is 14.4 Å². The molecule has 0 atom stereocenters. The first-order chi connectivity index (χ1) is 17.5. The summed E-state index contributed by atoms with van der Waals surface area (Å²) in [5.74, 6) is -0.639. The van der Waals surface area contributed by atoms with Gasteiger partial charge in [0.25, 0.3) is 5.91 Å². The van der Waals surface area contributed by atoms with E-state index in [0.29, 0.717) is 11.3 Å². The van der Waals surface area contributed by atoms with Gasteiger partial charge in [-0.15, -0.1) is 22.7 Å². The molecule has 0 saturated carbocycles. The Kier molecular flexibility index (Phi) is 5.91. The molecule has 36 heavy (non-hydrogen) atoms. The predicted molar refractivity (Wildman–Crippen MR) is 144 cm³/mol. The molecule has 1 fully saturated rings. The number of fused-ring (bicyclic) bond motifs is 2. The molecule has 1 N–H and O–H groups in total. The average molecular weight is 517 g/mol. The van der Waals surface area contributed by atoms with Gasteiger partial charge >= 0.3 is 0 Å². The lowest BCUT2D eigenvalue weighted by molar-refractivity contribution is -0.121. The third-order valence-corrected chi connectivity index (χ3v) is 8.94. The van der Waals surface area contributed by atoms with E-state index in [0.717, 1.165) is 51.8 Å². The van der Waals surface area contributed by atoms with E-state index in [1.807, 2.05) is 18.2 Å². The smallest absolute Gasteiger partial charge is 0.256 e. The molecule has 1 saturated heterocycles. The highest BCUT2D eigenvalue weighted by atomic mass is 32.1. The van der Waals surface area contributed by atoms with Crippen molar-refractivity contribution in [3.8, 4) is 10.6 Å². The number of para-hydroxylation sites is 1. The van der Waals surface area contributed by atoms with Crippen LogP contribution in [0.5, 0.6) is 0 Å². The summed E-state index contributed by atoms with van der Waals surface area (Å²) < 4.78 is 1.12. The van der Waals surface area contributed by atoms with Crippen molar-refractivity contribution in [1.82, 2.24) is 9.88 Å². The largest absolute Gasteiger partial charge is 0.313 e. The number of thiophene rings is 1. The van der Waals surface area contributed by atoms with Crippen LogP contribution in [-0.4, -0.2) is 40.7 Å². The Morgan fingerprint density at radius 2 is 1.75 bits per heavy atom. The molecule has 2 aliphatic rings. The van der Waals surface area contributed by atoms with Crippen LogP contribution in [-0.2, 0) is 22.6 Å². The zero-order valence-corrected chi connectivity index (χ0v) is 21.4. The minimum Gasteiger partial charge on any atom is -0.313 e. The second-order valence-electron chi connectivity index (χ2n) is 8.94. The van der Waals surface area contributed by atoms with E-state index < -0.39 is 0 Å². The third-order valence-electron chi connectivity index (χ3n) is 6.76. The SMILES string of the molecule is CCN1CCc2c(sc(NC(=O)c3ccc(N4C(=O)CCC4=O)cc3)c2-c2nc3ccccc3s2)C1. The first-order valence-corrected chi connectivity index (χ1v) is 13.6. The van der Waals surface area contributed by atoms with Gasteiger partial charge < -0.3 is 5.32 Å². The zero-order valence-electron chi connectivity index (χ0n) is 19.7. The van der Waals surface area contributed by atoms with Crippen LogP contribution in [0.3, 0.4) is 0 Å². The number of imide groups is 1. The number of hydrogen-bond donors (Lipinski definition) is 1. The van der Waals surface area contributed by atoms with E-state index in [2.05, 4.69) is 23.2 Å². The predicted octanol–water partition coefficient (Wildman–Crippen LogP) is 5.31. The highest BCUT2D eigenvalue weighted by molar-refractivity contribution is 7.23. The fourth-order valence-corrected chi connectivity index (χ4v) is 7.22. The Morgan fingerprint density at radius 1 is 1.00 bits per heavy atom. The summed E-state index contributed by atoms with van der Waals surface area (Å²) in [7, 11) is 0. The highest BCUT2D eigenvalue weighted by Gasteiger charge is 2.31. The maximum Gasteiger partial charge on any atom is 0.256 e. The van der Waals surface area contributed by atoms with E-state index in [-0.39, 0.29) is 30.6 Å². The number of benzene rings is 2. The van der Waals surface area contributed by atoms with Crippen molar-refractivity contribution in [2.45, 2.75) is 32.7 Å². The van der Waals surface area contributed by atoms with E-state index >= 15 is 0 Å². The standard InChI is InChI=1S/C27H24N4O3S2/c1-2-30-14-13-18-21(15-30)36-27(24(18)26-28-19-5-3-4-6-20(19)35-26)29-25(34)16-7-9-17(10-8-16)31-22(32)11-12-23(31)33/h3-10H,2,11-15H2,1H3,(H,29,34). The lowest BCUT2D eigenvalue weighted by atomic mass is 10.0. The molecule has 4 heterocycles. The molecule has 0 aliphatic carbocycles. The van der Waals surface area contributed by atoms with Gasteiger partial charge in [0, 0.05) is 41.9 Å². The molecule has 4 aromatic rings. The van der Waals surface area contributed by atoms with Gasteiger partial charge in [-0.2, -0.15) is 0 Å². The normalized spacial score (nSPS) is 16.1. The molecule has 2 aliphatic heterocycles. The van der Waals surface area contributed by atoms with Crippen molar-refractivity contribution in [3.63, 3.8) is 0 Å². The monoisotopic (exact) mass is 516 g/mol. The number of hydrogen-bond acceptors (Lipinski definition) is 7. The Bertz CT molecular complexity index is 1460. The number of amides is 3. The molecule has 0 spiro atoms. The molecule has 0 unspecified atom stereocenters. The Labute approximate surface area is 216 Å². The van der Waals surface area contributed by atoms with E-state index in [1.165, 1.54) is 15.3 Å². The van der Waals surface area contributed by atoms with Crippen molar-refractivity contribution in [3.05, 3.63) is 64.5 Å². The summed E-state index contributed by atoms with van der Waals surface area (Å²) in [6.45, 7) is 5.02. The van der Waals surface area contributed by atoms with Crippen molar-refractivity contribution >= 4 is 61.3 Å². The summed E-state index contributed by atoms with van der Waals surface area (Å²) in [6, 6.07) is 14.7. The van der Waals surface area contributed by atoms with Crippen LogP contribution in [0.1, 0.15) is 40.6 Å². The number of rotatable bonds is 5. The minimum atomic E-state index is -0.228. The number of likely N-dealkylation sites (N-methyl/N-ethyl adjacent to an activating group) is 1. The Morgan fingerprint density at radius 3 is 2.47 bits per heavy atom. The van der Waals surface area contributed by atoms with Gasteiger partial charge in [-0.1, -0.05) is 19.1 Å². The number of nitrogens with one attached hydrogen (secondary N) is 1. The lowest BCUT2D eigenvalue weighted by Crippen LogP contribution is -2.29. The summed E-state index contributed by atoms with van der Waals surface area (Å²) in [6.07, 6.45) is 1.38. The summed E-state index contributed by atoms with van der Waals surface area (Å²) in [5.41, 5.74) is 4.24. The van der Waals surface area contributed by atoms with E-state index in [4.69, 9.17) is 4.98 Å². The van der Waals surface area contributed by atoms with Crippen LogP contribution in [0.2, 0.25) is 0 Å². The maximum absolute atomic E-state index is 13.3. The molecular weight excluding hydrogens is 492 g/mol. The van der Waals surface area contributed by atoms with Gasteiger partial charge in [0.1, 0.15) is 10.0 Å². The molecule has 2 aromatic carbocycles. The quantitative estimate of drug-likeness (QED) is 0.364. The van der Waals surface area contributed by atoms with Gasteiger partial charge in [0.05, 0.1) is 15.9 Å². The minimum absolute atomic E-state index is 0.206. The third kappa shape index (κ3) is 4.03. The number of thiazole rings is 1. The summed E-state index contributed by atoms with van der Waals surface area (Å²) in [4.78, 5) is 47.1. The topological polar surface area (TPSA) is 82.6 Å². The second kappa shape index (κ2) is 9.24. The first kappa shape index (κ1) is 23.0. The van der Waals surface area contributed by atoms with E-state index in [9.17, 15) is 14.4 Å². The molecule has 7 nitrogen and oxygen atoms in total. The number of nitrogens with zero attached hydrogens (tertiary/aromatic N) is 3. The van der Waals surface area contributed by atoms with Crippen LogP contribution in [0.15, 0.2) is 48.5 Å². The van der Waals surface area contributed by atoms with Gasteiger partial charge in [0.2, 0.25) is 11.8 Å². The fraction of sp³-hybridized carbons (Fsp3) is 0.259. The zero-order chi connectivity index (χ0) is 24.8. The van der Waals surface area contributed by atoms with Gasteiger partial charge in [0.15, 0.2) is 0 Å². The number of anilines is 2. The molecule has 182 valence electrons.